The van der Waals surface area contributed by atoms with E-state index in [0.717, 1.165) is 5.56 Å². The van der Waals surface area contributed by atoms with Crippen LogP contribution in [0.3, 0.4) is 0 Å². The molecular formula is C23H22N2O4S. The maximum Gasteiger partial charge on any atom is 0.266 e. The zero-order valence-electron chi connectivity index (χ0n) is 16.9. The molecule has 3 aromatic rings. The first-order valence-corrected chi connectivity index (χ1v) is 10.9. The van der Waals surface area contributed by atoms with Gasteiger partial charge in [0.15, 0.2) is 0 Å². The van der Waals surface area contributed by atoms with Gasteiger partial charge in [-0.2, -0.15) is 0 Å². The Kier molecular flexibility index (Phi) is 4.99. The van der Waals surface area contributed by atoms with Gasteiger partial charge in [0.2, 0.25) is 5.91 Å². The zero-order chi connectivity index (χ0) is 21.5. The number of amides is 1. The van der Waals surface area contributed by atoms with Crippen LogP contribution in [0.4, 0.5) is 11.4 Å². The summed E-state index contributed by atoms with van der Waals surface area (Å²) in [6.45, 7) is 3.34. The normalized spacial score (nSPS) is 15.8. The second kappa shape index (κ2) is 7.50. The minimum atomic E-state index is -3.94. The summed E-state index contributed by atoms with van der Waals surface area (Å²) in [4.78, 5) is 14.3. The van der Waals surface area contributed by atoms with Gasteiger partial charge in [0, 0.05) is 6.92 Å². The highest BCUT2D eigenvalue weighted by molar-refractivity contribution is 7.92. The number of fused-ring (bicyclic) bond motifs is 1. The topological polar surface area (TPSA) is 66.9 Å². The first-order valence-electron chi connectivity index (χ1n) is 9.48. The Hall–Kier alpha value is -3.32. The molecule has 30 heavy (non-hydrogen) atoms. The molecule has 0 spiro atoms. The van der Waals surface area contributed by atoms with Crippen molar-refractivity contribution in [3.05, 3.63) is 83.9 Å². The van der Waals surface area contributed by atoms with E-state index < -0.39 is 16.2 Å². The van der Waals surface area contributed by atoms with Gasteiger partial charge >= 0.3 is 0 Å². The van der Waals surface area contributed by atoms with E-state index >= 15 is 0 Å². The van der Waals surface area contributed by atoms with Crippen molar-refractivity contribution in [2.45, 2.75) is 24.9 Å². The molecule has 0 saturated heterocycles. The van der Waals surface area contributed by atoms with E-state index in [1.165, 1.54) is 16.1 Å². The number of nitrogens with zero attached hydrogens (tertiary/aromatic N) is 2. The molecule has 0 unspecified atom stereocenters. The highest BCUT2D eigenvalue weighted by Gasteiger charge is 2.45. The number of sulfonamides is 1. The van der Waals surface area contributed by atoms with E-state index in [0.29, 0.717) is 22.7 Å². The SMILES string of the molecule is COc1ccc([C@H]2N(C(C)=O)c3ccccc3N2S(=O)(=O)c2ccc(C)cc2)cc1. The van der Waals surface area contributed by atoms with Gasteiger partial charge in [-0.05, 0) is 48.9 Å². The summed E-state index contributed by atoms with van der Waals surface area (Å²) >= 11 is 0. The molecule has 1 amide bonds. The fraction of sp³-hybridized carbons (Fsp3) is 0.174. The predicted octanol–water partition coefficient (Wildman–Crippen LogP) is 4.26. The fourth-order valence-electron chi connectivity index (χ4n) is 3.71. The first kappa shape index (κ1) is 20.0. The molecule has 0 bridgehead atoms. The summed E-state index contributed by atoms with van der Waals surface area (Å²) in [5, 5.41) is 0. The molecule has 0 aliphatic carbocycles. The van der Waals surface area contributed by atoms with Crippen molar-refractivity contribution in [2.75, 3.05) is 16.3 Å². The number of benzene rings is 3. The number of anilines is 2. The third kappa shape index (κ3) is 3.21. The van der Waals surface area contributed by atoms with Crippen LogP contribution >= 0.6 is 0 Å². The minimum absolute atomic E-state index is 0.173. The predicted molar refractivity (Wildman–Crippen MR) is 116 cm³/mol. The quantitative estimate of drug-likeness (QED) is 0.630. The van der Waals surface area contributed by atoms with Crippen molar-refractivity contribution in [3.63, 3.8) is 0 Å². The van der Waals surface area contributed by atoms with Gasteiger partial charge in [0.25, 0.3) is 10.0 Å². The Balaban J connectivity index is 1.94. The van der Waals surface area contributed by atoms with Gasteiger partial charge < -0.3 is 4.74 Å². The number of methoxy groups -OCH3 is 1. The van der Waals surface area contributed by atoms with Gasteiger partial charge in [-0.3, -0.25) is 9.69 Å². The molecule has 1 aliphatic heterocycles. The van der Waals surface area contributed by atoms with Crippen LogP contribution in [0.2, 0.25) is 0 Å². The van der Waals surface area contributed by atoms with Crippen molar-refractivity contribution in [1.82, 2.24) is 0 Å². The second-order valence-electron chi connectivity index (χ2n) is 7.14. The molecule has 0 radical (unpaired) electrons. The number of hydrogen-bond acceptors (Lipinski definition) is 4. The number of aryl methyl sites for hydroxylation is 1. The summed E-state index contributed by atoms with van der Waals surface area (Å²) in [6.07, 6.45) is -0.836. The lowest BCUT2D eigenvalue weighted by atomic mass is 10.1. The summed E-state index contributed by atoms with van der Waals surface area (Å²) in [5.74, 6) is 0.404. The third-order valence-corrected chi connectivity index (χ3v) is 6.96. The number of ether oxygens (including phenoxy) is 1. The maximum atomic E-state index is 13.7. The molecule has 1 heterocycles. The first-order chi connectivity index (χ1) is 14.3. The van der Waals surface area contributed by atoms with E-state index in [2.05, 4.69) is 0 Å². The van der Waals surface area contributed by atoms with Gasteiger partial charge in [0.05, 0.1) is 23.4 Å². The highest BCUT2D eigenvalue weighted by atomic mass is 32.2. The van der Waals surface area contributed by atoms with E-state index in [9.17, 15) is 13.2 Å². The van der Waals surface area contributed by atoms with E-state index in [4.69, 9.17) is 4.74 Å². The van der Waals surface area contributed by atoms with E-state index in [-0.39, 0.29) is 10.8 Å². The fourth-order valence-corrected chi connectivity index (χ4v) is 5.31. The van der Waals surface area contributed by atoms with Crippen LogP contribution in [0, 0.1) is 6.92 Å². The zero-order valence-corrected chi connectivity index (χ0v) is 17.8. The summed E-state index contributed by atoms with van der Waals surface area (Å²) in [7, 11) is -2.37. The second-order valence-corrected chi connectivity index (χ2v) is 8.95. The van der Waals surface area contributed by atoms with Crippen LogP contribution in [0.25, 0.3) is 0 Å². The number of para-hydroxylation sites is 2. The summed E-state index contributed by atoms with van der Waals surface area (Å²) in [5.41, 5.74) is 2.65. The molecule has 0 aromatic heterocycles. The van der Waals surface area contributed by atoms with Crippen LogP contribution in [-0.4, -0.2) is 21.4 Å². The van der Waals surface area contributed by atoms with Crippen LogP contribution in [0.15, 0.2) is 77.7 Å². The molecule has 154 valence electrons. The average Bonchev–Trinajstić information content (AvgIpc) is 3.10. The standard InChI is InChI=1S/C23H22N2O4S/c1-16-8-14-20(15-9-16)30(27,28)25-22-7-5-4-6-21(22)24(17(2)26)23(25)18-10-12-19(29-3)13-11-18/h4-15,23H,1-3H3/t23-/m0/s1. The van der Waals surface area contributed by atoms with Gasteiger partial charge in [0.1, 0.15) is 11.9 Å². The lowest BCUT2D eigenvalue weighted by Gasteiger charge is -2.31. The molecular weight excluding hydrogens is 400 g/mol. The Labute approximate surface area is 176 Å². The van der Waals surface area contributed by atoms with Crippen molar-refractivity contribution in [2.24, 2.45) is 0 Å². The minimum Gasteiger partial charge on any atom is -0.497 e. The molecule has 4 rings (SSSR count). The van der Waals surface area contributed by atoms with Gasteiger partial charge in [-0.1, -0.05) is 42.0 Å². The van der Waals surface area contributed by atoms with E-state index in [1.54, 1.807) is 79.9 Å². The highest BCUT2D eigenvalue weighted by Crippen LogP contribution is 2.49. The smallest absolute Gasteiger partial charge is 0.266 e. The molecule has 6 nitrogen and oxygen atoms in total. The maximum absolute atomic E-state index is 13.7. The van der Waals surface area contributed by atoms with Crippen LogP contribution in [0.5, 0.6) is 5.75 Å². The Morgan fingerprint density at radius 3 is 2.07 bits per heavy atom. The largest absolute Gasteiger partial charge is 0.497 e. The van der Waals surface area contributed by atoms with Crippen LogP contribution < -0.4 is 13.9 Å². The Morgan fingerprint density at radius 1 is 0.900 bits per heavy atom. The monoisotopic (exact) mass is 422 g/mol. The van der Waals surface area contributed by atoms with Crippen molar-refractivity contribution in [1.29, 1.82) is 0 Å². The van der Waals surface area contributed by atoms with Crippen molar-refractivity contribution in [3.8, 4) is 5.75 Å². The molecule has 7 heteroatoms. The Bertz CT molecular complexity index is 1190. The summed E-state index contributed by atoms with van der Waals surface area (Å²) < 4.78 is 34.1. The molecule has 1 aliphatic rings. The van der Waals surface area contributed by atoms with Gasteiger partial charge in [-0.25, -0.2) is 12.7 Å². The number of carbonyl (C=O) groups excluding carboxylic acids is 1. The molecule has 3 aromatic carbocycles. The molecule has 0 fully saturated rings. The van der Waals surface area contributed by atoms with Crippen LogP contribution in [0.1, 0.15) is 24.2 Å². The Morgan fingerprint density at radius 2 is 1.50 bits per heavy atom. The molecule has 0 N–H and O–H groups in total. The lowest BCUT2D eigenvalue weighted by Crippen LogP contribution is -2.41. The number of hydrogen-bond donors (Lipinski definition) is 0. The summed E-state index contributed by atoms with van der Waals surface area (Å²) in [6, 6.07) is 20.8. The van der Waals surface area contributed by atoms with E-state index in [1.807, 2.05) is 6.92 Å². The number of rotatable bonds is 4. The molecule has 1 atom stereocenters. The average molecular weight is 423 g/mol. The van der Waals surface area contributed by atoms with Crippen LogP contribution in [-0.2, 0) is 14.8 Å². The lowest BCUT2D eigenvalue weighted by molar-refractivity contribution is -0.116. The number of carbonyl (C=O) groups is 1. The van der Waals surface area contributed by atoms with Crippen molar-refractivity contribution < 1.29 is 17.9 Å². The molecule has 0 saturated carbocycles. The third-order valence-electron chi connectivity index (χ3n) is 5.18. The van der Waals surface area contributed by atoms with Crippen molar-refractivity contribution >= 4 is 27.3 Å². The van der Waals surface area contributed by atoms with Gasteiger partial charge in [-0.15, -0.1) is 0 Å².